The van der Waals surface area contributed by atoms with Gasteiger partial charge in [0.25, 0.3) is 5.91 Å². The van der Waals surface area contributed by atoms with Crippen LogP contribution in [0, 0.1) is 5.92 Å². The number of nitrogens with zero attached hydrogens (tertiary/aromatic N) is 2. The van der Waals surface area contributed by atoms with E-state index in [9.17, 15) is 4.79 Å². The molecule has 0 aliphatic carbocycles. The van der Waals surface area contributed by atoms with Crippen molar-refractivity contribution in [2.45, 2.75) is 31.9 Å². The lowest BCUT2D eigenvalue weighted by Gasteiger charge is -2.34. The molecule has 0 spiro atoms. The molecule has 0 radical (unpaired) electrons. The Balaban J connectivity index is 1.44. The Bertz CT molecular complexity index is 614. The second-order valence-corrected chi connectivity index (χ2v) is 7.30. The predicted octanol–water partition coefficient (Wildman–Crippen LogP) is 1.73. The standard InChI is InChI=1S/C19H26N2O3/c1-13-11-21(12-16(13)20-7-9-23-10-8-20)19(22)18-14(2)15-5-3-4-6-17(15)24-18/h3-6,13-14,16,18H,7-12H2,1-2H3/t13-,14-,16-,18-/m1/s1. The van der Waals surface area contributed by atoms with E-state index in [0.717, 1.165) is 50.7 Å². The first-order chi connectivity index (χ1) is 11.6. The van der Waals surface area contributed by atoms with Crippen LogP contribution in [0.1, 0.15) is 25.3 Å². The van der Waals surface area contributed by atoms with Crippen LogP contribution >= 0.6 is 0 Å². The number of hydrogen-bond acceptors (Lipinski definition) is 4. The van der Waals surface area contributed by atoms with Gasteiger partial charge in [-0.3, -0.25) is 9.69 Å². The number of likely N-dealkylation sites (tertiary alicyclic amines) is 1. The summed E-state index contributed by atoms with van der Waals surface area (Å²) in [5.74, 6) is 1.61. The summed E-state index contributed by atoms with van der Waals surface area (Å²) < 4.78 is 11.4. The smallest absolute Gasteiger partial charge is 0.264 e. The average Bonchev–Trinajstić information content (AvgIpc) is 3.16. The number of hydrogen-bond donors (Lipinski definition) is 0. The van der Waals surface area contributed by atoms with Crippen molar-refractivity contribution in [3.05, 3.63) is 29.8 Å². The van der Waals surface area contributed by atoms with Crippen LogP contribution in [-0.4, -0.2) is 67.2 Å². The summed E-state index contributed by atoms with van der Waals surface area (Å²) in [6.45, 7) is 9.52. The van der Waals surface area contributed by atoms with Crippen molar-refractivity contribution >= 4 is 5.91 Å². The monoisotopic (exact) mass is 330 g/mol. The molecule has 4 rings (SSSR count). The number of carbonyl (C=O) groups is 1. The van der Waals surface area contributed by atoms with Gasteiger partial charge in [0, 0.05) is 43.7 Å². The molecule has 0 bridgehead atoms. The molecule has 5 nitrogen and oxygen atoms in total. The topological polar surface area (TPSA) is 42.0 Å². The molecule has 2 saturated heterocycles. The molecule has 4 atom stereocenters. The minimum atomic E-state index is -0.377. The Hall–Kier alpha value is -1.59. The Morgan fingerprint density at radius 1 is 1.12 bits per heavy atom. The van der Waals surface area contributed by atoms with Gasteiger partial charge >= 0.3 is 0 Å². The third kappa shape index (κ3) is 2.70. The fourth-order valence-electron chi connectivity index (χ4n) is 4.32. The summed E-state index contributed by atoms with van der Waals surface area (Å²) >= 11 is 0. The Morgan fingerprint density at radius 2 is 1.88 bits per heavy atom. The molecule has 3 aliphatic rings. The van der Waals surface area contributed by atoms with Crippen LogP contribution in [-0.2, 0) is 9.53 Å². The summed E-state index contributed by atoms with van der Waals surface area (Å²) in [5, 5.41) is 0. The molecule has 5 heteroatoms. The van der Waals surface area contributed by atoms with E-state index in [2.05, 4.69) is 24.8 Å². The van der Waals surface area contributed by atoms with Gasteiger partial charge in [0.05, 0.1) is 13.2 Å². The van der Waals surface area contributed by atoms with Gasteiger partial charge in [-0.25, -0.2) is 0 Å². The first-order valence-electron chi connectivity index (χ1n) is 9.01. The second kappa shape index (κ2) is 6.37. The summed E-state index contributed by atoms with van der Waals surface area (Å²) in [7, 11) is 0. The number of fused-ring (bicyclic) bond motifs is 1. The Morgan fingerprint density at radius 3 is 2.62 bits per heavy atom. The lowest BCUT2D eigenvalue weighted by atomic mass is 9.97. The minimum absolute atomic E-state index is 0.117. The molecule has 0 N–H and O–H groups in total. The maximum atomic E-state index is 13.1. The van der Waals surface area contributed by atoms with E-state index in [-0.39, 0.29) is 17.9 Å². The first kappa shape index (κ1) is 15.9. The van der Waals surface area contributed by atoms with Gasteiger partial charge in [-0.05, 0) is 12.0 Å². The summed E-state index contributed by atoms with van der Waals surface area (Å²) in [6, 6.07) is 8.44. The molecule has 2 fully saturated rings. The maximum absolute atomic E-state index is 13.1. The Kier molecular flexibility index (Phi) is 4.22. The van der Waals surface area contributed by atoms with E-state index in [1.54, 1.807) is 0 Å². The zero-order valence-corrected chi connectivity index (χ0v) is 14.5. The molecular formula is C19H26N2O3. The molecule has 1 amide bonds. The van der Waals surface area contributed by atoms with Crippen LogP contribution in [0.3, 0.4) is 0 Å². The van der Waals surface area contributed by atoms with Crippen molar-refractivity contribution < 1.29 is 14.3 Å². The molecule has 3 heterocycles. The van der Waals surface area contributed by atoms with E-state index in [0.29, 0.717) is 12.0 Å². The van der Waals surface area contributed by atoms with Crippen molar-refractivity contribution in [2.24, 2.45) is 5.92 Å². The SMILES string of the molecule is C[C@@H]1CN(C(=O)[C@@H]2Oc3ccccc3[C@H]2C)C[C@H]1N1CCOCC1. The Labute approximate surface area is 143 Å². The van der Waals surface area contributed by atoms with Gasteiger partial charge in [-0.2, -0.15) is 0 Å². The predicted molar refractivity (Wildman–Crippen MR) is 91.2 cm³/mol. The van der Waals surface area contributed by atoms with Crippen molar-refractivity contribution in [2.75, 3.05) is 39.4 Å². The third-order valence-electron chi connectivity index (χ3n) is 5.76. The number of benzene rings is 1. The summed E-state index contributed by atoms with van der Waals surface area (Å²) in [4.78, 5) is 17.6. The number of ether oxygens (including phenoxy) is 2. The van der Waals surface area contributed by atoms with Crippen LogP contribution in [0.2, 0.25) is 0 Å². The molecule has 24 heavy (non-hydrogen) atoms. The molecule has 1 aromatic carbocycles. The molecule has 0 unspecified atom stereocenters. The van der Waals surface area contributed by atoms with Crippen molar-refractivity contribution in [1.82, 2.24) is 9.80 Å². The van der Waals surface area contributed by atoms with E-state index in [1.165, 1.54) is 0 Å². The summed E-state index contributed by atoms with van der Waals surface area (Å²) in [6.07, 6.45) is -0.377. The second-order valence-electron chi connectivity index (χ2n) is 7.30. The van der Waals surface area contributed by atoms with Gasteiger partial charge in [0.15, 0.2) is 6.10 Å². The molecular weight excluding hydrogens is 304 g/mol. The molecule has 130 valence electrons. The van der Waals surface area contributed by atoms with Crippen molar-refractivity contribution in [3.63, 3.8) is 0 Å². The first-order valence-corrected chi connectivity index (χ1v) is 9.01. The number of carbonyl (C=O) groups excluding carboxylic acids is 1. The van der Waals surface area contributed by atoms with Crippen LogP contribution in [0.5, 0.6) is 5.75 Å². The highest BCUT2D eigenvalue weighted by molar-refractivity contribution is 5.84. The third-order valence-corrected chi connectivity index (χ3v) is 5.76. The highest BCUT2D eigenvalue weighted by atomic mass is 16.5. The van der Waals surface area contributed by atoms with Crippen LogP contribution in [0.25, 0.3) is 0 Å². The molecule has 0 aromatic heterocycles. The number of amides is 1. The van der Waals surface area contributed by atoms with E-state index in [1.807, 2.05) is 23.1 Å². The van der Waals surface area contributed by atoms with E-state index < -0.39 is 0 Å². The molecule has 3 aliphatic heterocycles. The number of rotatable bonds is 2. The highest BCUT2D eigenvalue weighted by Crippen LogP contribution is 2.39. The van der Waals surface area contributed by atoms with Crippen molar-refractivity contribution in [1.29, 1.82) is 0 Å². The number of para-hydroxylation sites is 1. The van der Waals surface area contributed by atoms with Gasteiger partial charge in [-0.1, -0.05) is 32.0 Å². The molecule has 0 saturated carbocycles. The maximum Gasteiger partial charge on any atom is 0.264 e. The fraction of sp³-hybridized carbons (Fsp3) is 0.632. The van der Waals surface area contributed by atoms with E-state index in [4.69, 9.17) is 9.47 Å². The highest BCUT2D eigenvalue weighted by Gasteiger charge is 2.43. The van der Waals surface area contributed by atoms with Crippen LogP contribution in [0.15, 0.2) is 24.3 Å². The molecule has 1 aromatic rings. The largest absolute Gasteiger partial charge is 0.480 e. The van der Waals surface area contributed by atoms with Crippen LogP contribution in [0.4, 0.5) is 0 Å². The van der Waals surface area contributed by atoms with Crippen molar-refractivity contribution in [3.8, 4) is 5.75 Å². The average molecular weight is 330 g/mol. The quantitative estimate of drug-likeness (QED) is 0.828. The van der Waals surface area contributed by atoms with E-state index >= 15 is 0 Å². The normalized spacial score (nSPS) is 33.3. The number of morpholine rings is 1. The van der Waals surface area contributed by atoms with Gasteiger partial charge in [0.1, 0.15) is 5.75 Å². The van der Waals surface area contributed by atoms with Gasteiger partial charge in [-0.15, -0.1) is 0 Å². The minimum Gasteiger partial charge on any atom is -0.480 e. The zero-order valence-electron chi connectivity index (χ0n) is 14.5. The van der Waals surface area contributed by atoms with Crippen LogP contribution < -0.4 is 4.74 Å². The zero-order chi connectivity index (χ0) is 16.7. The lowest BCUT2D eigenvalue weighted by Crippen LogP contribution is -2.48. The lowest BCUT2D eigenvalue weighted by molar-refractivity contribution is -0.137. The fourth-order valence-corrected chi connectivity index (χ4v) is 4.32. The van der Waals surface area contributed by atoms with Gasteiger partial charge < -0.3 is 14.4 Å². The van der Waals surface area contributed by atoms with Gasteiger partial charge in [0.2, 0.25) is 0 Å². The summed E-state index contributed by atoms with van der Waals surface area (Å²) in [5.41, 5.74) is 1.15.